The topological polar surface area (TPSA) is 66.6 Å². The Bertz CT molecular complexity index is 233. The molecule has 0 aromatic heterocycles. The zero-order valence-electron chi connectivity index (χ0n) is 10.4. The highest BCUT2D eigenvalue weighted by Crippen LogP contribution is 2.20. The van der Waals surface area contributed by atoms with Crippen LogP contribution in [0.5, 0.6) is 0 Å². The van der Waals surface area contributed by atoms with Gasteiger partial charge >= 0.3 is 5.97 Å². The number of nitrogens with zero attached hydrogens (tertiary/aromatic N) is 1. The van der Waals surface area contributed by atoms with E-state index in [9.17, 15) is 4.79 Å². The molecule has 1 aliphatic rings. The van der Waals surface area contributed by atoms with Gasteiger partial charge in [-0.05, 0) is 45.2 Å². The lowest BCUT2D eigenvalue weighted by Gasteiger charge is -2.33. The van der Waals surface area contributed by atoms with Crippen LogP contribution < -0.4 is 5.73 Å². The highest BCUT2D eigenvalue weighted by Gasteiger charge is 2.28. The molecule has 1 rings (SSSR count). The van der Waals surface area contributed by atoms with Crippen molar-refractivity contribution in [2.75, 3.05) is 19.6 Å². The molecule has 1 unspecified atom stereocenters. The molecular formula is C12H24N2O2. The van der Waals surface area contributed by atoms with E-state index in [1.807, 2.05) is 0 Å². The third-order valence-electron chi connectivity index (χ3n) is 3.72. The number of rotatable bonds is 5. The molecule has 1 heterocycles. The Morgan fingerprint density at radius 1 is 1.50 bits per heavy atom. The summed E-state index contributed by atoms with van der Waals surface area (Å²) in [6.07, 6.45) is 4.27. The van der Waals surface area contributed by atoms with Crippen LogP contribution in [0, 0.1) is 5.92 Å². The van der Waals surface area contributed by atoms with Crippen molar-refractivity contribution in [1.29, 1.82) is 0 Å². The first-order chi connectivity index (χ1) is 7.45. The number of hydrogen-bond donors (Lipinski definition) is 2. The second-order valence-corrected chi connectivity index (χ2v) is 5.17. The van der Waals surface area contributed by atoms with Gasteiger partial charge in [0, 0.05) is 6.54 Å². The monoisotopic (exact) mass is 228 g/mol. The second kappa shape index (κ2) is 5.64. The third kappa shape index (κ3) is 3.76. The molecule has 1 atom stereocenters. The Kier molecular flexibility index (Phi) is 4.74. The number of nitrogens with two attached hydrogens (primary N) is 1. The van der Waals surface area contributed by atoms with Crippen LogP contribution in [0.4, 0.5) is 0 Å². The standard InChI is InChI=1S/C12H24N2O2/c1-3-10-4-7-14(8-5-10)9-6-12(2,13)11(15)16/h10H,3-9,13H2,1-2H3,(H,15,16). The lowest BCUT2D eigenvalue weighted by atomic mass is 9.93. The van der Waals surface area contributed by atoms with Gasteiger partial charge in [-0.1, -0.05) is 13.3 Å². The fraction of sp³-hybridized carbons (Fsp3) is 0.917. The third-order valence-corrected chi connectivity index (χ3v) is 3.72. The van der Waals surface area contributed by atoms with Gasteiger partial charge < -0.3 is 15.7 Å². The van der Waals surface area contributed by atoms with Crippen molar-refractivity contribution < 1.29 is 9.90 Å². The van der Waals surface area contributed by atoms with E-state index in [-0.39, 0.29) is 0 Å². The summed E-state index contributed by atoms with van der Waals surface area (Å²) in [6, 6.07) is 0. The van der Waals surface area contributed by atoms with E-state index in [0.29, 0.717) is 6.42 Å². The normalized spacial score (nSPS) is 22.9. The van der Waals surface area contributed by atoms with Gasteiger partial charge in [0.1, 0.15) is 5.54 Å². The number of likely N-dealkylation sites (tertiary alicyclic amines) is 1. The van der Waals surface area contributed by atoms with E-state index in [4.69, 9.17) is 10.8 Å². The molecule has 1 saturated heterocycles. The maximum atomic E-state index is 10.8. The van der Waals surface area contributed by atoms with Crippen molar-refractivity contribution in [1.82, 2.24) is 4.90 Å². The largest absolute Gasteiger partial charge is 0.480 e. The predicted octanol–water partition coefficient (Wildman–Crippen LogP) is 1.30. The molecule has 0 radical (unpaired) electrons. The number of hydrogen-bond acceptors (Lipinski definition) is 3. The average molecular weight is 228 g/mol. The van der Waals surface area contributed by atoms with E-state index in [1.165, 1.54) is 19.3 Å². The number of carboxylic acid groups (broad SMARTS) is 1. The summed E-state index contributed by atoms with van der Waals surface area (Å²) >= 11 is 0. The van der Waals surface area contributed by atoms with Gasteiger partial charge in [-0.3, -0.25) is 4.79 Å². The maximum Gasteiger partial charge on any atom is 0.323 e. The SMILES string of the molecule is CCC1CCN(CCC(C)(N)C(=O)O)CC1. The predicted molar refractivity (Wildman–Crippen MR) is 64.3 cm³/mol. The minimum Gasteiger partial charge on any atom is -0.480 e. The van der Waals surface area contributed by atoms with Gasteiger partial charge in [-0.2, -0.15) is 0 Å². The molecule has 0 aromatic rings. The molecule has 1 fully saturated rings. The summed E-state index contributed by atoms with van der Waals surface area (Å²) in [4.78, 5) is 13.2. The number of carboxylic acids is 1. The molecule has 4 nitrogen and oxygen atoms in total. The van der Waals surface area contributed by atoms with Gasteiger partial charge in [0.05, 0.1) is 0 Å². The highest BCUT2D eigenvalue weighted by molar-refractivity contribution is 5.77. The Hall–Kier alpha value is -0.610. The molecule has 0 aliphatic carbocycles. The summed E-state index contributed by atoms with van der Waals surface area (Å²) in [5.41, 5.74) is 4.62. The molecule has 0 bridgehead atoms. The number of aliphatic carboxylic acids is 1. The van der Waals surface area contributed by atoms with Crippen LogP contribution >= 0.6 is 0 Å². The van der Waals surface area contributed by atoms with Crippen LogP contribution in [0.15, 0.2) is 0 Å². The molecule has 0 amide bonds. The van der Waals surface area contributed by atoms with Gasteiger partial charge in [0.15, 0.2) is 0 Å². The summed E-state index contributed by atoms with van der Waals surface area (Å²) in [5.74, 6) is -0.0454. The molecule has 4 heteroatoms. The summed E-state index contributed by atoms with van der Waals surface area (Å²) < 4.78 is 0. The zero-order chi connectivity index (χ0) is 12.2. The van der Waals surface area contributed by atoms with Crippen molar-refractivity contribution in [3.63, 3.8) is 0 Å². The lowest BCUT2D eigenvalue weighted by Crippen LogP contribution is -2.48. The molecule has 0 saturated carbocycles. The smallest absolute Gasteiger partial charge is 0.323 e. The van der Waals surface area contributed by atoms with Gasteiger partial charge in [-0.15, -0.1) is 0 Å². The second-order valence-electron chi connectivity index (χ2n) is 5.17. The highest BCUT2D eigenvalue weighted by atomic mass is 16.4. The van der Waals surface area contributed by atoms with Gasteiger partial charge in [0.2, 0.25) is 0 Å². The molecule has 94 valence electrons. The van der Waals surface area contributed by atoms with Crippen LogP contribution in [-0.2, 0) is 4.79 Å². The fourth-order valence-corrected chi connectivity index (χ4v) is 2.12. The van der Waals surface area contributed by atoms with Gasteiger partial charge in [-0.25, -0.2) is 0 Å². The van der Waals surface area contributed by atoms with Crippen molar-refractivity contribution in [2.24, 2.45) is 11.7 Å². The Morgan fingerprint density at radius 2 is 2.06 bits per heavy atom. The zero-order valence-corrected chi connectivity index (χ0v) is 10.4. The van der Waals surface area contributed by atoms with Crippen LogP contribution in [0.1, 0.15) is 39.5 Å². The van der Waals surface area contributed by atoms with Crippen LogP contribution in [-0.4, -0.2) is 41.1 Å². The van der Waals surface area contributed by atoms with E-state index in [1.54, 1.807) is 6.92 Å². The Labute approximate surface area is 97.8 Å². The van der Waals surface area contributed by atoms with E-state index < -0.39 is 11.5 Å². The van der Waals surface area contributed by atoms with Crippen molar-refractivity contribution >= 4 is 5.97 Å². The number of carbonyl (C=O) groups is 1. The molecule has 1 aliphatic heterocycles. The molecule has 16 heavy (non-hydrogen) atoms. The van der Waals surface area contributed by atoms with Crippen molar-refractivity contribution in [2.45, 2.75) is 45.1 Å². The van der Waals surface area contributed by atoms with Crippen LogP contribution in [0.3, 0.4) is 0 Å². The quantitative estimate of drug-likeness (QED) is 0.744. The van der Waals surface area contributed by atoms with Crippen LogP contribution in [0.2, 0.25) is 0 Å². The van der Waals surface area contributed by atoms with E-state index >= 15 is 0 Å². The minimum atomic E-state index is -1.08. The van der Waals surface area contributed by atoms with Crippen molar-refractivity contribution in [3.05, 3.63) is 0 Å². The Morgan fingerprint density at radius 3 is 2.50 bits per heavy atom. The fourth-order valence-electron chi connectivity index (χ4n) is 2.12. The van der Waals surface area contributed by atoms with Crippen LogP contribution in [0.25, 0.3) is 0 Å². The van der Waals surface area contributed by atoms with E-state index in [0.717, 1.165) is 25.6 Å². The molecule has 3 N–H and O–H groups in total. The summed E-state index contributed by atoms with van der Waals surface area (Å²) in [5, 5.41) is 8.91. The molecular weight excluding hydrogens is 204 g/mol. The lowest BCUT2D eigenvalue weighted by molar-refractivity contribution is -0.143. The maximum absolute atomic E-state index is 10.8. The molecule has 0 spiro atoms. The Balaban J connectivity index is 2.27. The van der Waals surface area contributed by atoms with Crippen molar-refractivity contribution in [3.8, 4) is 0 Å². The first-order valence-electron chi connectivity index (χ1n) is 6.20. The minimum absolute atomic E-state index is 0.527. The summed E-state index contributed by atoms with van der Waals surface area (Å²) in [7, 11) is 0. The average Bonchev–Trinajstić information content (AvgIpc) is 2.27. The number of piperidine rings is 1. The first kappa shape index (κ1) is 13.5. The van der Waals surface area contributed by atoms with E-state index in [2.05, 4.69) is 11.8 Å². The molecule has 0 aromatic carbocycles. The summed E-state index contributed by atoms with van der Waals surface area (Å²) in [6.45, 7) is 6.81. The first-order valence-corrected chi connectivity index (χ1v) is 6.20. The van der Waals surface area contributed by atoms with Gasteiger partial charge in [0.25, 0.3) is 0 Å².